The minimum Gasteiger partial charge on any atom is -0.417 e. The van der Waals surface area contributed by atoms with Crippen LogP contribution in [-0.4, -0.2) is 29.3 Å². The predicted octanol–water partition coefficient (Wildman–Crippen LogP) is 7.00. The first kappa shape index (κ1) is 23.1. The Labute approximate surface area is 160 Å². The van der Waals surface area contributed by atoms with E-state index in [1.54, 1.807) is 0 Å². The molecular weight excluding hydrogens is 340 g/mol. The van der Waals surface area contributed by atoms with E-state index in [-0.39, 0.29) is 0 Å². The Kier molecular flexibility index (Phi) is 10.2. The van der Waals surface area contributed by atoms with Gasteiger partial charge in [-0.3, -0.25) is 0 Å². The first-order chi connectivity index (χ1) is 12.0. The van der Waals surface area contributed by atoms with Crippen LogP contribution in [0, 0.1) is 11.8 Å². The summed E-state index contributed by atoms with van der Waals surface area (Å²) in [4.78, 5) is 0. The zero-order valence-corrected chi connectivity index (χ0v) is 19.9. The first-order valence-corrected chi connectivity index (χ1v) is 16.0. The summed E-state index contributed by atoms with van der Waals surface area (Å²) in [6.45, 7) is 19.0. The number of allylic oxidation sites excluding steroid dienone is 1. The minimum absolute atomic E-state index is 0.444. The highest BCUT2D eigenvalue weighted by atomic mass is 28.4. The van der Waals surface area contributed by atoms with Gasteiger partial charge in [0.15, 0.2) is 16.6 Å². The molecule has 148 valence electrons. The molecule has 0 spiro atoms. The van der Waals surface area contributed by atoms with Crippen molar-refractivity contribution < 1.29 is 8.85 Å². The molecule has 0 unspecified atom stereocenters. The van der Waals surface area contributed by atoms with Gasteiger partial charge in [0, 0.05) is 12.7 Å². The highest BCUT2D eigenvalue weighted by Gasteiger charge is 2.41. The predicted molar refractivity (Wildman–Crippen MR) is 116 cm³/mol. The van der Waals surface area contributed by atoms with Gasteiger partial charge in [0.25, 0.3) is 0 Å². The van der Waals surface area contributed by atoms with Gasteiger partial charge >= 0.3 is 0 Å². The molecule has 0 aliphatic heterocycles. The van der Waals surface area contributed by atoms with Crippen LogP contribution in [0.3, 0.4) is 0 Å². The van der Waals surface area contributed by atoms with E-state index in [2.05, 4.69) is 54.2 Å². The van der Waals surface area contributed by atoms with E-state index < -0.39 is 16.6 Å². The van der Waals surface area contributed by atoms with E-state index in [0.717, 1.165) is 13.0 Å². The van der Waals surface area contributed by atoms with Gasteiger partial charge in [0.1, 0.15) is 0 Å². The SMILES string of the molecule is C=C[C@H]1CC[C@@H](O[Si](CC)(CC)CC)[C@@H]1CCO[Si](CC)(CC)CC. The summed E-state index contributed by atoms with van der Waals surface area (Å²) in [5.74, 6) is 1.23. The molecule has 1 rings (SSSR count). The van der Waals surface area contributed by atoms with Gasteiger partial charge < -0.3 is 8.85 Å². The second-order valence-corrected chi connectivity index (χ2v) is 17.4. The lowest BCUT2D eigenvalue weighted by molar-refractivity contribution is 0.116. The molecule has 0 heterocycles. The Balaban J connectivity index is 2.73. The van der Waals surface area contributed by atoms with E-state index in [1.165, 1.54) is 49.1 Å². The lowest BCUT2D eigenvalue weighted by Crippen LogP contribution is -2.42. The van der Waals surface area contributed by atoms with Crippen LogP contribution < -0.4 is 0 Å². The van der Waals surface area contributed by atoms with Gasteiger partial charge in [-0.1, -0.05) is 47.6 Å². The van der Waals surface area contributed by atoms with E-state index >= 15 is 0 Å². The topological polar surface area (TPSA) is 18.5 Å². The standard InChI is InChI=1S/C21H44O2Si2/c1-8-19-15-16-21(23-25(12-5,13-6)14-7)20(19)17-18-22-24(9-2,10-3)11-4/h8,19-21H,1,9-18H2,2-7H3/t19-,20+,21+/m0/s1. The minimum atomic E-state index is -1.53. The quantitative estimate of drug-likeness (QED) is 0.251. The summed E-state index contributed by atoms with van der Waals surface area (Å²) in [6.07, 6.45) is 6.24. The summed E-state index contributed by atoms with van der Waals surface area (Å²) in [6, 6.07) is 7.47. The lowest BCUT2D eigenvalue weighted by Gasteiger charge is -2.36. The summed E-state index contributed by atoms with van der Waals surface area (Å²) in [5.41, 5.74) is 0. The maximum absolute atomic E-state index is 6.90. The van der Waals surface area contributed by atoms with Crippen molar-refractivity contribution >= 4 is 16.6 Å². The van der Waals surface area contributed by atoms with Crippen LogP contribution in [0.1, 0.15) is 60.8 Å². The van der Waals surface area contributed by atoms with E-state index in [1.807, 2.05) is 0 Å². The highest BCUT2D eigenvalue weighted by molar-refractivity contribution is 6.74. The Bertz CT molecular complexity index is 362. The van der Waals surface area contributed by atoms with Gasteiger partial charge in [0.05, 0.1) is 0 Å². The summed E-state index contributed by atoms with van der Waals surface area (Å²) < 4.78 is 13.4. The maximum atomic E-state index is 6.90. The van der Waals surface area contributed by atoms with Gasteiger partial charge in [-0.15, -0.1) is 6.58 Å². The molecule has 2 nitrogen and oxygen atoms in total. The lowest BCUT2D eigenvalue weighted by atomic mass is 9.92. The van der Waals surface area contributed by atoms with Crippen molar-refractivity contribution in [1.29, 1.82) is 0 Å². The molecule has 0 bridgehead atoms. The monoisotopic (exact) mass is 384 g/mol. The van der Waals surface area contributed by atoms with Crippen molar-refractivity contribution in [3.63, 3.8) is 0 Å². The van der Waals surface area contributed by atoms with Crippen LogP contribution in [0.2, 0.25) is 36.3 Å². The molecule has 0 N–H and O–H groups in total. The van der Waals surface area contributed by atoms with Crippen molar-refractivity contribution in [1.82, 2.24) is 0 Å². The van der Waals surface area contributed by atoms with Crippen LogP contribution in [0.25, 0.3) is 0 Å². The number of hydrogen-bond donors (Lipinski definition) is 0. The van der Waals surface area contributed by atoms with E-state index in [4.69, 9.17) is 8.85 Å². The zero-order valence-electron chi connectivity index (χ0n) is 17.9. The molecule has 0 saturated heterocycles. The molecule has 1 aliphatic carbocycles. The molecule has 0 amide bonds. The highest BCUT2D eigenvalue weighted by Crippen LogP contribution is 2.40. The summed E-state index contributed by atoms with van der Waals surface area (Å²) >= 11 is 0. The van der Waals surface area contributed by atoms with Crippen LogP contribution in [0.5, 0.6) is 0 Å². The Morgan fingerprint density at radius 3 is 1.80 bits per heavy atom. The molecule has 3 atom stereocenters. The van der Waals surface area contributed by atoms with Crippen LogP contribution in [0.4, 0.5) is 0 Å². The van der Waals surface area contributed by atoms with Crippen molar-refractivity contribution in [3.8, 4) is 0 Å². The smallest absolute Gasteiger partial charge is 0.192 e. The fourth-order valence-corrected chi connectivity index (χ4v) is 10.3. The second kappa shape index (κ2) is 11.1. The number of hydrogen-bond acceptors (Lipinski definition) is 2. The molecule has 0 aromatic carbocycles. The molecule has 1 aliphatic rings. The molecule has 4 heteroatoms. The molecule has 0 radical (unpaired) electrons. The Hall–Kier alpha value is 0.0938. The fourth-order valence-electron chi connectivity index (χ4n) is 4.69. The number of rotatable bonds is 13. The van der Waals surface area contributed by atoms with Gasteiger partial charge in [-0.25, -0.2) is 0 Å². The Morgan fingerprint density at radius 1 is 0.840 bits per heavy atom. The Morgan fingerprint density at radius 2 is 1.36 bits per heavy atom. The average molecular weight is 385 g/mol. The zero-order chi connectivity index (χ0) is 18.9. The second-order valence-electron chi connectivity index (χ2n) is 7.92. The maximum Gasteiger partial charge on any atom is 0.192 e. The van der Waals surface area contributed by atoms with Gasteiger partial charge in [0.2, 0.25) is 0 Å². The molecule has 1 fully saturated rings. The molecule has 0 aromatic rings. The van der Waals surface area contributed by atoms with Crippen molar-refractivity contribution in [2.75, 3.05) is 6.61 Å². The average Bonchev–Trinajstić information content (AvgIpc) is 3.05. The summed E-state index contributed by atoms with van der Waals surface area (Å²) in [5, 5.41) is 0. The molecule has 1 saturated carbocycles. The van der Waals surface area contributed by atoms with Crippen LogP contribution in [-0.2, 0) is 8.85 Å². The molecular formula is C21H44O2Si2. The molecule has 0 aromatic heterocycles. The van der Waals surface area contributed by atoms with Crippen LogP contribution >= 0.6 is 0 Å². The normalized spacial score (nSPS) is 24.6. The largest absolute Gasteiger partial charge is 0.417 e. The van der Waals surface area contributed by atoms with Crippen molar-refractivity contribution in [3.05, 3.63) is 12.7 Å². The third-order valence-electron chi connectivity index (χ3n) is 7.24. The molecule has 25 heavy (non-hydrogen) atoms. The van der Waals surface area contributed by atoms with Crippen LogP contribution in [0.15, 0.2) is 12.7 Å². The van der Waals surface area contributed by atoms with Crippen molar-refractivity contribution in [2.45, 2.75) is 103 Å². The fraction of sp³-hybridized carbons (Fsp3) is 0.905. The first-order valence-electron chi connectivity index (χ1n) is 10.9. The van der Waals surface area contributed by atoms with E-state index in [9.17, 15) is 0 Å². The van der Waals surface area contributed by atoms with E-state index in [0.29, 0.717) is 17.9 Å². The third-order valence-corrected chi connectivity index (χ3v) is 16.6. The summed E-state index contributed by atoms with van der Waals surface area (Å²) in [7, 11) is -3.00. The third kappa shape index (κ3) is 5.78. The van der Waals surface area contributed by atoms with Crippen molar-refractivity contribution in [2.24, 2.45) is 11.8 Å². The van der Waals surface area contributed by atoms with Gasteiger partial charge in [-0.05, 0) is 67.4 Å². The van der Waals surface area contributed by atoms with Gasteiger partial charge in [-0.2, -0.15) is 0 Å².